The molecule has 3 nitrogen and oxygen atoms in total. The quantitative estimate of drug-likeness (QED) is 0.692. The molecule has 1 aromatic carbocycles. The van der Waals surface area contributed by atoms with Crippen LogP contribution in [0.3, 0.4) is 0 Å². The molecule has 0 radical (unpaired) electrons. The summed E-state index contributed by atoms with van der Waals surface area (Å²) in [5.74, 6) is 0.439. The second-order valence-corrected chi connectivity index (χ2v) is 3.69. The number of phenolic OH excluding ortho intramolecular Hbond substituents is 2. The number of hydrogen-bond acceptors (Lipinski definition) is 3. The summed E-state index contributed by atoms with van der Waals surface area (Å²) in [6.07, 6.45) is 0.970. The number of hydrogen-bond donors (Lipinski definition) is 3. The summed E-state index contributed by atoms with van der Waals surface area (Å²) in [6.45, 7) is 4.11. The molecular formula is C11H17NO2. The Morgan fingerprint density at radius 2 is 1.71 bits per heavy atom. The molecule has 1 aromatic rings. The average molecular weight is 195 g/mol. The van der Waals surface area contributed by atoms with Gasteiger partial charge in [-0.05, 0) is 23.6 Å². The van der Waals surface area contributed by atoms with Gasteiger partial charge in [0.15, 0.2) is 0 Å². The summed E-state index contributed by atoms with van der Waals surface area (Å²) in [5.41, 5.74) is 6.74. The van der Waals surface area contributed by atoms with Crippen LogP contribution in [0.1, 0.15) is 31.9 Å². The Hall–Kier alpha value is -1.22. The highest BCUT2D eigenvalue weighted by molar-refractivity contribution is 5.38. The molecule has 2 atom stereocenters. The third kappa shape index (κ3) is 2.39. The molecule has 1 unspecified atom stereocenters. The predicted molar refractivity (Wildman–Crippen MR) is 56.2 cm³/mol. The maximum atomic E-state index is 9.28. The van der Waals surface area contributed by atoms with Crippen molar-refractivity contribution in [3.8, 4) is 11.5 Å². The van der Waals surface area contributed by atoms with E-state index in [1.807, 2.05) is 6.92 Å². The van der Waals surface area contributed by atoms with Gasteiger partial charge in [0, 0.05) is 12.1 Å². The van der Waals surface area contributed by atoms with Gasteiger partial charge in [-0.1, -0.05) is 20.3 Å². The van der Waals surface area contributed by atoms with Crippen LogP contribution in [0.4, 0.5) is 0 Å². The van der Waals surface area contributed by atoms with E-state index in [9.17, 15) is 10.2 Å². The Balaban J connectivity index is 2.94. The minimum atomic E-state index is -0.141. The van der Waals surface area contributed by atoms with Gasteiger partial charge < -0.3 is 15.9 Å². The van der Waals surface area contributed by atoms with Gasteiger partial charge in [-0.25, -0.2) is 0 Å². The smallest absolute Gasteiger partial charge is 0.119 e. The Kier molecular flexibility index (Phi) is 3.36. The topological polar surface area (TPSA) is 66.5 Å². The second-order valence-electron chi connectivity index (χ2n) is 3.69. The highest BCUT2D eigenvalue weighted by atomic mass is 16.3. The van der Waals surface area contributed by atoms with Crippen molar-refractivity contribution in [1.82, 2.24) is 0 Å². The molecule has 0 spiro atoms. The molecule has 0 bridgehead atoms. The summed E-state index contributed by atoms with van der Waals surface area (Å²) < 4.78 is 0. The van der Waals surface area contributed by atoms with E-state index >= 15 is 0 Å². The SMILES string of the molecule is CCC(C)[C@@H](N)c1cc(O)cc(O)c1. The van der Waals surface area contributed by atoms with E-state index in [0.717, 1.165) is 12.0 Å². The van der Waals surface area contributed by atoms with Crippen molar-refractivity contribution in [2.45, 2.75) is 26.3 Å². The first kappa shape index (κ1) is 10.9. The van der Waals surface area contributed by atoms with Crippen molar-refractivity contribution in [2.24, 2.45) is 11.7 Å². The van der Waals surface area contributed by atoms with E-state index in [1.165, 1.54) is 6.07 Å². The molecule has 1 rings (SSSR count). The fourth-order valence-corrected chi connectivity index (χ4v) is 1.39. The molecule has 0 aliphatic carbocycles. The van der Waals surface area contributed by atoms with Crippen molar-refractivity contribution in [1.29, 1.82) is 0 Å². The normalized spacial score (nSPS) is 15.1. The van der Waals surface area contributed by atoms with Crippen LogP contribution in [0.25, 0.3) is 0 Å². The Bertz CT molecular complexity index is 292. The number of rotatable bonds is 3. The van der Waals surface area contributed by atoms with E-state index in [0.29, 0.717) is 5.92 Å². The van der Waals surface area contributed by atoms with Crippen molar-refractivity contribution in [3.63, 3.8) is 0 Å². The summed E-state index contributed by atoms with van der Waals surface area (Å²) >= 11 is 0. The van der Waals surface area contributed by atoms with Crippen molar-refractivity contribution >= 4 is 0 Å². The lowest BCUT2D eigenvalue weighted by Gasteiger charge is -2.18. The monoisotopic (exact) mass is 195 g/mol. The number of aromatic hydroxyl groups is 2. The third-order valence-electron chi connectivity index (χ3n) is 2.57. The lowest BCUT2D eigenvalue weighted by atomic mass is 9.93. The fraction of sp³-hybridized carbons (Fsp3) is 0.455. The molecule has 0 heterocycles. The molecule has 3 heteroatoms. The van der Waals surface area contributed by atoms with Gasteiger partial charge in [-0.2, -0.15) is 0 Å². The van der Waals surface area contributed by atoms with Gasteiger partial charge in [-0.3, -0.25) is 0 Å². The van der Waals surface area contributed by atoms with Gasteiger partial charge >= 0.3 is 0 Å². The van der Waals surface area contributed by atoms with Gasteiger partial charge in [0.2, 0.25) is 0 Å². The van der Waals surface area contributed by atoms with Crippen LogP contribution in [0.15, 0.2) is 18.2 Å². The number of nitrogens with two attached hydrogens (primary N) is 1. The Morgan fingerprint density at radius 1 is 1.21 bits per heavy atom. The van der Waals surface area contributed by atoms with Crippen molar-refractivity contribution < 1.29 is 10.2 Å². The van der Waals surface area contributed by atoms with Crippen molar-refractivity contribution in [2.75, 3.05) is 0 Å². The molecule has 0 saturated heterocycles. The summed E-state index contributed by atoms with van der Waals surface area (Å²) in [7, 11) is 0. The fourth-order valence-electron chi connectivity index (χ4n) is 1.39. The van der Waals surface area contributed by atoms with Gasteiger partial charge in [0.05, 0.1) is 0 Å². The van der Waals surface area contributed by atoms with Gasteiger partial charge in [-0.15, -0.1) is 0 Å². The highest BCUT2D eigenvalue weighted by Crippen LogP contribution is 2.28. The first-order valence-electron chi connectivity index (χ1n) is 4.83. The molecule has 0 fully saturated rings. The van der Waals surface area contributed by atoms with Crippen LogP contribution in [-0.4, -0.2) is 10.2 Å². The minimum Gasteiger partial charge on any atom is -0.508 e. The molecule has 4 N–H and O–H groups in total. The van der Waals surface area contributed by atoms with E-state index in [2.05, 4.69) is 6.92 Å². The van der Waals surface area contributed by atoms with E-state index < -0.39 is 0 Å². The molecular weight excluding hydrogens is 178 g/mol. The van der Waals surface area contributed by atoms with E-state index in [-0.39, 0.29) is 17.5 Å². The highest BCUT2D eigenvalue weighted by Gasteiger charge is 2.14. The minimum absolute atomic E-state index is 0.0544. The van der Waals surface area contributed by atoms with Crippen LogP contribution >= 0.6 is 0 Å². The molecule has 0 aromatic heterocycles. The van der Waals surface area contributed by atoms with Gasteiger partial charge in [0.1, 0.15) is 11.5 Å². The Morgan fingerprint density at radius 3 is 2.14 bits per heavy atom. The zero-order chi connectivity index (χ0) is 10.7. The largest absolute Gasteiger partial charge is 0.508 e. The van der Waals surface area contributed by atoms with Crippen LogP contribution in [0, 0.1) is 5.92 Å². The first-order valence-corrected chi connectivity index (χ1v) is 4.83. The van der Waals surface area contributed by atoms with Gasteiger partial charge in [0.25, 0.3) is 0 Å². The maximum absolute atomic E-state index is 9.28. The van der Waals surface area contributed by atoms with E-state index in [4.69, 9.17) is 5.73 Å². The predicted octanol–water partition coefficient (Wildman–Crippen LogP) is 2.14. The molecule has 14 heavy (non-hydrogen) atoms. The zero-order valence-electron chi connectivity index (χ0n) is 8.57. The second kappa shape index (κ2) is 4.33. The lowest BCUT2D eigenvalue weighted by Crippen LogP contribution is -2.18. The molecule has 78 valence electrons. The van der Waals surface area contributed by atoms with Crippen molar-refractivity contribution in [3.05, 3.63) is 23.8 Å². The Labute approximate surface area is 84.2 Å². The number of phenols is 2. The molecule has 0 aliphatic rings. The molecule has 0 amide bonds. The van der Waals surface area contributed by atoms with Crippen LogP contribution in [0.5, 0.6) is 11.5 Å². The summed E-state index contributed by atoms with van der Waals surface area (Å²) in [5, 5.41) is 18.6. The summed E-state index contributed by atoms with van der Waals surface area (Å²) in [6, 6.07) is 4.35. The van der Waals surface area contributed by atoms with Crippen LogP contribution in [-0.2, 0) is 0 Å². The van der Waals surface area contributed by atoms with Crippen LogP contribution < -0.4 is 5.73 Å². The lowest BCUT2D eigenvalue weighted by molar-refractivity contribution is 0.432. The standard InChI is InChI=1S/C11H17NO2/c1-3-7(2)11(12)8-4-9(13)6-10(14)5-8/h4-7,11,13-14H,3,12H2,1-2H3/t7?,11-/m1/s1. The van der Waals surface area contributed by atoms with Crippen LogP contribution in [0.2, 0.25) is 0 Å². The average Bonchev–Trinajstić information content (AvgIpc) is 2.14. The number of benzene rings is 1. The molecule has 0 saturated carbocycles. The molecule has 0 aliphatic heterocycles. The first-order chi connectivity index (χ1) is 6.54. The zero-order valence-corrected chi connectivity index (χ0v) is 8.57. The summed E-state index contributed by atoms with van der Waals surface area (Å²) in [4.78, 5) is 0. The maximum Gasteiger partial charge on any atom is 0.119 e. The van der Waals surface area contributed by atoms with E-state index in [1.54, 1.807) is 12.1 Å². The third-order valence-corrected chi connectivity index (χ3v) is 2.57.